The first kappa shape index (κ1) is 20.5. The zero-order valence-corrected chi connectivity index (χ0v) is 15.4. The van der Waals surface area contributed by atoms with Gasteiger partial charge in [-0.3, -0.25) is 9.59 Å². The smallest absolute Gasteiger partial charge is 0.369 e. The number of carbonyl (C=O) groups excluding carboxylic acids is 1. The number of carbonyl (C=O) groups is 1. The monoisotopic (exact) mass is 381 g/mol. The molecule has 1 aromatic heterocycles. The molecule has 0 aliphatic carbocycles. The summed E-state index contributed by atoms with van der Waals surface area (Å²) in [5.41, 5.74) is -1.04. The van der Waals surface area contributed by atoms with Gasteiger partial charge in [0.05, 0.1) is 0 Å². The Bertz CT molecular complexity index is 843. The first-order valence-electron chi connectivity index (χ1n) is 8.56. The first-order valence-corrected chi connectivity index (χ1v) is 8.56. The number of pyridine rings is 1. The fourth-order valence-electron chi connectivity index (χ4n) is 2.81. The lowest BCUT2D eigenvalue weighted by molar-refractivity contribution is -0.139. The van der Waals surface area contributed by atoms with Crippen LogP contribution in [0.2, 0.25) is 0 Å². The van der Waals surface area contributed by atoms with Crippen molar-refractivity contribution in [3.05, 3.63) is 58.5 Å². The predicted octanol–water partition coefficient (Wildman–Crippen LogP) is 3.74. The van der Waals surface area contributed by atoms with E-state index in [-0.39, 0.29) is 0 Å². The van der Waals surface area contributed by atoms with E-state index >= 15 is 0 Å². The van der Waals surface area contributed by atoms with Gasteiger partial charge in [-0.1, -0.05) is 0 Å². The van der Waals surface area contributed by atoms with E-state index in [2.05, 4.69) is 24.1 Å². The van der Waals surface area contributed by atoms with Crippen LogP contribution >= 0.6 is 0 Å². The third-order valence-corrected chi connectivity index (χ3v) is 4.09. The minimum Gasteiger partial charge on any atom is -0.369 e. The van der Waals surface area contributed by atoms with E-state index < -0.39 is 29.8 Å². The molecule has 2 rings (SSSR count). The highest BCUT2D eigenvalue weighted by molar-refractivity contribution is 5.90. The van der Waals surface area contributed by atoms with Crippen molar-refractivity contribution in [3.8, 4) is 0 Å². The van der Waals surface area contributed by atoms with Gasteiger partial charge in [-0.25, -0.2) is 0 Å². The summed E-state index contributed by atoms with van der Waals surface area (Å²) < 4.78 is 39.1. The van der Waals surface area contributed by atoms with Crippen molar-refractivity contribution in [1.82, 2.24) is 4.57 Å². The number of hydrogen-bond donors (Lipinski definition) is 1. The molecule has 1 N–H and O–H groups in total. The molecule has 0 saturated heterocycles. The minimum atomic E-state index is -4.76. The summed E-state index contributed by atoms with van der Waals surface area (Å²) in [6.45, 7) is 6.53. The zero-order valence-electron chi connectivity index (χ0n) is 15.4. The van der Waals surface area contributed by atoms with Gasteiger partial charge in [-0.2, -0.15) is 13.2 Å². The fourth-order valence-corrected chi connectivity index (χ4v) is 2.81. The van der Waals surface area contributed by atoms with Gasteiger partial charge in [0, 0.05) is 30.2 Å². The molecule has 0 unspecified atom stereocenters. The van der Waals surface area contributed by atoms with E-state index in [0.717, 1.165) is 29.1 Å². The number of aromatic nitrogens is 1. The molecule has 0 atom stereocenters. The largest absolute Gasteiger partial charge is 0.421 e. The number of halogens is 3. The van der Waals surface area contributed by atoms with Crippen molar-refractivity contribution in [2.75, 3.05) is 16.8 Å². The molecule has 27 heavy (non-hydrogen) atoms. The van der Waals surface area contributed by atoms with Crippen molar-refractivity contribution in [1.29, 1.82) is 0 Å². The molecule has 1 heterocycles. The molecule has 0 saturated carbocycles. The number of alkyl halides is 3. The average Bonchev–Trinajstić information content (AvgIpc) is 2.57. The normalized spacial score (nSPS) is 11.5. The molecule has 8 heteroatoms. The van der Waals surface area contributed by atoms with Crippen LogP contribution in [-0.4, -0.2) is 23.1 Å². The summed E-state index contributed by atoms with van der Waals surface area (Å²) >= 11 is 0. The molecule has 0 radical (unpaired) electrons. The molecule has 1 aromatic carbocycles. The summed E-state index contributed by atoms with van der Waals surface area (Å²) in [6, 6.07) is 9.26. The zero-order chi connectivity index (χ0) is 20.2. The molecule has 1 amide bonds. The van der Waals surface area contributed by atoms with Crippen LogP contribution in [0.25, 0.3) is 0 Å². The fraction of sp³-hybridized carbons (Fsp3) is 0.368. The van der Waals surface area contributed by atoms with E-state index in [1.807, 2.05) is 19.1 Å². The molecular weight excluding hydrogens is 359 g/mol. The van der Waals surface area contributed by atoms with Crippen LogP contribution in [0.15, 0.2) is 47.4 Å². The Morgan fingerprint density at radius 3 is 2.33 bits per heavy atom. The van der Waals surface area contributed by atoms with E-state index in [4.69, 9.17) is 0 Å². The van der Waals surface area contributed by atoms with Gasteiger partial charge in [-0.15, -0.1) is 0 Å². The average molecular weight is 381 g/mol. The minimum absolute atomic E-state index is 0.322. The number of nitrogens with one attached hydrogen (secondary N) is 1. The summed E-state index contributed by atoms with van der Waals surface area (Å²) in [6.07, 6.45) is -3.60. The Morgan fingerprint density at radius 1 is 1.19 bits per heavy atom. The lowest BCUT2D eigenvalue weighted by atomic mass is 10.2. The number of anilines is 2. The van der Waals surface area contributed by atoms with Crippen LogP contribution in [0, 0.1) is 0 Å². The summed E-state index contributed by atoms with van der Waals surface area (Å²) in [4.78, 5) is 26.2. The lowest BCUT2D eigenvalue weighted by Gasteiger charge is -2.27. The van der Waals surface area contributed by atoms with Gasteiger partial charge in [-0.05, 0) is 57.2 Å². The molecule has 0 fully saturated rings. The number of amides is 1. The molecule has 0 bridgehead atoms. The van der Waals surface area contributed by atoms with Crippen molar-refractivity contribution in [3.63, 3.8) is 0 Å². The van der Waals surface area contributed by atoms with Gasteiger partial charge >= 0.3 is 6.18 Å². The second kappa shape index (κ2) is 8.28. The van der Waals surface area contributed by atoms with Crippen molar-refractivity contribution >= 4 is 17.3 Å². The van der Waals surface area contributed by atoms with Crippen molar-refractivity contribution in [2.24, 2.45) is 0 Å². The predicted molar refractivity (Wildman–Crippen MR) is 98.9 cm³/mol. The molecule has 146 valence electrons. The van der Waals surface area contributed by atoms with Gasteiger partial charge in [0.15, 0.2) is 0 Å². The van der Waals surface area contributed by atoms with Crippen LogP contribution in [0.1, 0.15) is 26.3 Å². The van der Waals surface area contributed by atoms with E-state index in [1.165, 1.54) is 0 Å². The van der Waals surface area contributed by atoms with Gasteiger partial charge in [0.1, 0.15) is 12.1 Å². The number of hydrogen-bond acceptors (Lipinski definition) is 3. The highest BCUT2D eigenvalue weighted by Gasteiger charge is 2.34. The Labute approximate surface area is 155 Å². The van der Waals surface area contributed by atoms with Crippen molar-refractivity contribution in [2.45, 2.75) is 39.5 Å². The highest BCUT2D eigenvalue weighted by Crippen LogP contribution is 2.26. The Hall–Kier alpha value is -2.77. The third-order valence-electron chi connectivity index (χ3n) is 4.09. The van der Waals surface area contributed by atoms with Gasteiger partial charge < -0.3 is 14.8 Å². The first-order chi connectivity index (χ1) is 12.6. The second-order valence-electron chi connectivity index (χ2n) is 6.33. The number of rotatable bonds is 6. The van der Waals surface area contributed by atoms with E-state index in [9.17, 15) is 22.8 Å². The third kappa shape index (κ3) is 5.12. The summed E-state index contributed by atoms with van der Waals surface area (Å²) in [5, 5.41) is 2.59. The molecule has 0 aliphatic heterocycles. The Morgan fingerprint density at radius 2 is 1.81 bits per heavy atom. The Kier molecular flexibility index (Phi) is 6.30. The van der Waals surface area contributed by atoms with Crippen LogP contribution in [0.5, 0.6) is 0 Å². The number of nitrogens with zero attached hydrogens (tertiary/aromatic N) is 2. The maximum absolute atomic E-state index is 12.8. The van der Waals surface area contributed by atoms with Crippen LogP contribution in [-0.2, 0) is 17.5 Å². The maximum Gasteiger partial charge on any atom is 0.421 e. The molecule has 5 nitrogen and oxygen atoms in total. The van der Waals surface area contributed by atoms with Crippen LogP contribution < -0.4 is 15.8 Å². The molecular formula is C19H22F3N3O2. The lowest BCUT2D eigenvalue weighted by Crippen LogP contribution is -2.32. The molecule has 0 aliphatic rings. The summed E-state index contributed by atoms with van der Waals surface area (Å²) in [7, 11) is 0. The standard InChI is InChI=1S/C19H22F3N3O2/c1-4-25(13(2)3)15-9-7-14(8-10-15)23-17(26)12-24-11-5-6-16(18(24)27)19(20,21)22/h5-11,13H,4,12H2,1-3H3,(H,23,26). The van der Waals surface area contributed by atoms with Crippen molar-refractivity contribution < 1.29 is 18.0 Å². The Balaban J connectivity index is 2.10. The molecule has 0 spiro atoms. The van der Waals surface area contributed by atoms with E-state index in [1.54, 1.807) is 12.1 Å². The van der Waals surface area contributed by atoms with Gasteiger partial charge in [0.25, 0.3) is 5.56 Å². The van der Waals surface area contributed by atoms with Crippen LogP contribution in [0.3, 0.4) is 0 Å². The van der Waals surface area contributed by atoms with Gasteiger partial charge in [0.2, 0.25) is 5.91 Å². The summed E-state index contributed by atoms with van der Waals surface area (Å²) in [5.74, 6) is -0.583. The maximum atomic E-state index is 12.8. The number of benzene rings is 1. The SMILES string of the molecule is CCN(c1ccc(NC(=O)Cn2cccc(C(F)(F)F)c2=O)cc1)C(C)C. The second-order valence-corrected chi connectivity index (χ2v) is 6.33. The highest BCUT2D eigenvalue weighted by atomic mass is 19.4. The van der Waals surface area contributed by atoms with E-state index in [0.29, 0.717) is 17.8 Å². The quantitative estimate of drug-likeness (QED) is 0.829. The topological polar surface area (TPSA) is 54.3 Å². The molecule has 2 aromatic rings. The van der Waals surface area contributed by atoms with Crippen LogP contribution in [0.4, 0.5) is 24.5 Å².